The lowest BCUT2D eigenvalue weighted by Crippen LogP contribution is -2.31. The number of amides is 1. The van der Waals surface area contributed by atoms with Crippen LogP contribution in [0, 0.1) is 5.82 Å². The van der Waals surface area contributed by atoms with Gasteiger partial charge >= 0.3 is 0 Å². The van der Waals surface area contributed by atoms with Gasteiger partial charge in [-0.2, -0.15) is 0 Å². The van der Waals surface area contributed by atoms with Crippen molar-refractivity contribution in [1.82, 2.24) is 19.9 Å². The van der Waals surface area contributed by atoms with E-state index in [1.165, 1.54) is 43.6 Å². The number of aromatic nitrogens is 3. The van der Waals surface area contributed by atoms with Crippen molar-refractivity contribution in [1.29, 1.82) is 0 Å². The number of alkyl halides is 1. The van der Waals surface area contributed by atoms with Crippen molar-refractivity contribution in [2.45, 2.75) is 13.2 Å². The average molecular weight is 644 g/mol. The third-order valence-corrected chi connectivity index (χ3v) is 9.11. The Balaban J connectivity index is 1.50. The molecular weight excluding hydrogens is 616 g/mol. The molecule has 3 aromatic carbocycles. The Morgan fingerprint density at radius 2 is 1.89 bits per heavy atom. The Morgan fingerprint density at radius 3 is 2.63 bits per heavy atom. The fourth-order valence-electron chi connectivity index (χ4n) is 5.81. The van der Waals surface area contributed by atoms with Crippen LogP contribution in [0.25, 0.3) is 56.0 Å². The van der Waals surface area contributed by atoms with Gasteiger partial charge in [-0.05, 0) is 48.9 Å². The Labute approximate surface area is 262 Å². The Bertz CT molecular complexity index is 2260. The van der Waals surface area contributed by atoms with Crippen LogP contribution in [0.15, 0.2) is 77.3 Å². The van der Waals surface area contributed by atoms with E-state index in [0.717, 1.165) is 27.2 Å². The summed E-state index contributed by atoms with van der Waals surface area (Å²) in [7, 11) is -2.46. The minimum Gasteiger partial charge on any atom is -0.469 e. The first-order chi connectivity index (χ1) is 22.2. The van der Waals surface area contributed by atoms with Gasteiger partial charge in [0.05, 0.1) is 41.6 Å². The topological polar surface area (TPSA) is 120 Å². The predicted molar refractivity (Wildman–Crippen MR) is 170 cm³/mol. The molecule has 7 rings (SSSR count). The average Bonchev–Trinajstić information content (AvgIpc) is 3.62. The second-order valence-electron chi connectivity index (χ2n) is 10.8. The number of fused-ring (bicyclic) bond motifs is 6. The Kier molecular flexibility index (Phi) is 7.19. The van der Waals surface area contributed by atoms with Crippen LogP contribution >= 0.6 is 0 Å². The summed E-state index contributed by atoms with van der Waals surface area (Å²) < 4.78 is 68.7. The molecule has 0 unspecified atom stereocenters. The van der Waals surface area contributed by atoms with Crippen molar-refractivity contribution in [3.8, 4) is 39.8 Å². The Morgan fingerprint density at radius 1 is 1.11 bits per heavy atom. The van der Waals surface area contributed by atoms with Crippen LogP contribution in [0.4, 0.5) is 14.5 Å². The number of para-hydroxylation sites is 1. The molecule has 0 saturated carbocycles. The molecule has 13 heteroatoms. The molecule has 1 N–H and O–H groups in total. The van der Waals surface area contributed by atoms with E-state index < -0.39 is 28.4 Å². The molecule has 6 aromatic rings. The molecule has 46 heavy (non-hydrogen) atoms. The molecule has 1 aliphatic rings. The van der Waals surface area contributed by atoms with E-state index in [1.807, 2.05) is 34.9 Å². The van der Waals surface area contributed by atoms with Crippen molar-refractivity contribution in [3.63, 3.8) is 0 Å². The number of halogens is 2. The molecule has 0 radical (unpaired) electrons. The van der Waals surface area contributed by atoms with Crippen LogP contribution in [-0.2, 0) is 16.8 Å². The van der Waals surface area contributed by atoms with Crippen molar-refractivity contribution < 1.29 is 31.1 Å². The van der Waals surface area contributed by atoms with Crippen LogP contribution in [0.2, 0.25) is 0 Å². The van der Waals surface area contributed by atoms with E-state index in [1.54, 1.807) is 6.07 Å². The maximum Gasteiger partial charge on any atom is 0.255 e. The molecule has 0 bridgehead atoms. The number of carbonyl (C=O) groups is 1. The number of sulfonamides is 1. The highest BCUT2D eigenvalue weighted by molar-refractivity contribution is 7.92. The summed E-state index contributed by atoms with van der Waals surface area (Å²) in [6, 6.07) is 18.4. The normalized spacial score (nSPS) is 12.5. The van der Waals surface area contributed by atoms with Crippen molar-refractivity contribution in [3.05, 3.63) is 84.3 Å². The van der Waals surface area contributed by atoms with Crippen LogP contribution in [0.5, 0.6) is 5.75 Å². The second-order valence-corrected chi connectivity index (χ2v) is 12.7. The van der Waals surface area contributed by atoms with E-state index >= 15 is 0 Å². The zero-order valence-corrected chi connectivity index (χ0v) is 25.6. The van der Waals surface area contributed by atoms with E-state index in [2.05, 4.69) is 10.3 Å². The predicted octanol–water partition coefficient (Wildman–Crippen LogP) is 6.15. The van der Waals surface area contributed by atoms with Gasteiger partial charge < -0.3 is 19.0 Å². The van der Waals surface area contributed by atoms with E-state index in [4.69, 9.17) is 14.1 Å². The molecule has 1 amide bonds. The molecule has 0 spiro atoms. The van der Waals surface area contributed by atoms with E-state index in [0.29, 0.717) is 22.4 Å². The molecular formula is C33H27F2N5O5S. The lowest BCUT2D eigenvalue weighted by molar-refractivity contribution is 0.0964. The number of anilines is 1. The van der Waals surface area contributed by atoms with Crippen LogP contribution in [-0.4, -0.2) is 55.4 Å². The summed E-state index contributed by atoms with van der Waals surface area (Å²) in [4.78, 5) is 22.7. The molecule has 234 valence electrons. The first-order valence-electron chi connectivity index (χ1n) is 14.4. The molecule has 0 fully saturated rings. The highest BCUT2D eigenvalue weighted by Gasteiger charge is 2.29. The fraction of sp³-hybridized carbons (Fsp3) is 0.182. The molecule has 0 saturated heterocycles. The summed E-state index contributed by atoms with van der Waals surface area (Å²) >= 11 is 0. The number of furan rings is 1. The summed E-state index contributed by atoms with van der Waals surface area (Å²) in [6.45, 7) is -0.640. The number of nitrogens with one attached hydrogen (secondary N) is 1. The largest absolute Gasteiger partial charge is 0.469 e. The van der Waals surface area contributed by atoms with Gasteiger partial charge in [0.25, 0.3) is 5.91 Å². The number of rotatable bonds is 8. The maximum atomic E-state index is 13.8. The fourth-order valence-corrected chi connectivity index (χ4v) is 6.78. The third kappa shape index (κ3) is 4.92. The van der Waals surface area contributed by atoms with Crippen molar-refractivity contribution in [2.75, 3.05) is 30.8 Å². The molecule has 1 aliphatic heterocycles. The van der Waals surface area contributed by atoms with Crippen LogP contribution in [0.1, 0.15) is 16.8 Å². The summed E-state index contributed by atoms with van der Waals surface area (Å²) in [5.41, 5.74) is 3.44. The quantitative estimate of drug-likeness (QED) is 0.211. The first kappa shape index (κ1) is 29.4. The minimum absolute atomic E-state index is 0.0635. The first-order valence-corrected chi connectivity index (χ1v) is 16.2. The van der Waals surface area contributed by atoms with Crippen molar-refractivity contribution >= 4 is 43.5 Å². The van der Waals surface area contributed by atoms with Gasteiger partial charge in [0, 0.05) is 41.6 Å². The van der Waals surface area contributed by atoms with Gasteiger partial charge in [-0.25, -0.2) is 22.8 Å². The third-order valence-electron chi connectivity index (χ3n) is 7.93. The van der Waals surface area contributed by atoms with Gasteiger partial charge in [0.15, 0.2) is 18.3 Å². The van der Waals surface area contributed by atoms with Gasteiger partial charge in [-0.1, -0.05) is 18.2 Å². The lowest BCUT2D eigenvalue weighted by atomic mass is 10.0. The minimum atomic E-state index is -3.93. The van der Waals surface area contributed by atoms with Gasteiger partial charge in [-0.3, -0.25) is 13.5 Å². The summed E-state index contributed by atoms with van der Waals surface area (Å²) in [5, 5.41) is 3.97. The molecule has 4 heterocycles. The number of hydrogen-bond donors (Lipinski definition) is 1. The Hall–Kier alpha value is -5.30. The number of ether oxygens (including phenoxy) is 1. The summed E-state index contributed by atoms with van der Waals surface area (Å²) in [5.74, 6) is -0.170. The SMILES string of the molecule is CNC(=O)c1c(-c2ccc(F)cc2)oc2cc(N(CCCF)S(C)(=O)=O)c(-c3ncc4c(n3)-c3cc5ccccc5n3CO4)cc12. The highest BCUT2D eigenvalue weighted by Crippen LogP contribution is 2.43. The zero-order chi connectivity index (χ0) is 32.2. The van der Waals surface area contributed by atoms with Gasteiger partial charge in [0.2, 0.25) is 10.0 Å². The van der Waals surface area contributed by atoms with Crippen molar-refractivity contribution in [2.24, 2.45) is 0 Å². The number of nitrogens with zero attached hydrogens (tertiary/aromatic N) is 4. The van der Waals surface area contributed by atoms with E-state index in [-0.39, 0.29) is 53.7 Å². The smallest absolute Gasteiger partial charge is 0.255 e. The van der Waals surface area contributed by atoms with Gasteiger partial charge in [-0.15, -0.1) is 0 Å². The standard InChI is InChI=1S/C33H27F2N5O5S/c1-36-33(41)29-23-15-22(32-37-17-28-30(38-32)26-14-20-6-3-4-7-24(20)39(26)18-44-28)25(40(13-5-12-34)46(2,42)43)16-27(23)45-31(29)19-8-10-21(35)11-9-19/h3-4,6-11,14-17H,5,12-13,18H2,1-2H3,(H,36,41). The molecule has 0 aliphatic carbocycles. The summed E-state index contributed by atoms with van der Waals surface area (Å²) in [6.07, 6.45) is 2.49. The lowest BCUT2D eigenvalue weighted by Gasteiger charge is -2.25. The van der Waals surface area contributed by atoms with E-state index in [9.17, 15) is 22.0 Å². The molecule has 10 nitrogen and oxygen atoms in total. The molecule has 0 atom stereocenters. The monoisotopic (exact) mass is 643 g/mol. The highest BCUT2D eigenvalue weighted by atomic mass is 32.2. The maximum absolute atomic E-state index is 13.8. The zero-order valence-electron chi connectivity index (χ0n) is 24.8. The van der Waals surface area contributed by atoms with Gasteiger partial charge in [0.1, 0.15) is 22.9 Å². The number of carbonyl (C=O) groups excluding carboxylic acids is 1. The van der Waals surface area contributed by atoms with Crippen LogP contribution < -0.4 is 14.4 Å². The number of benzene rings is 3. The number of hydrogen-bond acceptors (Lipinski definition) is 7. The second kappa shape index (κ2) is 11.2. The van der Waals surface area contributed by atoms with Crippen LogP contribution in [0.3, 0.4) is 0 Å². The molecule has 3 aromatic heterocycles.